The zero-order valence-corrected chi connectivity index (χ0v) is 10.0. The van der Waals surface area contributed by atoms with Gasteiger partial charge in [-0.3, -0.25) is 0 Å². The van der Waals surface area contributed by atoms with Crippen LogP contribution in [-0.2, 0) is 14.2 Å². The third-order valence-electron chi connectivity index (χ3n) is 3.24. The minimum atomic E-state index is -1.37. The summed E-state index contributed by atoms with van der Waals surface area (Å²) in [5.74, 6) is 0. The van der Waals surface area contributed by atoms with Crippen molar-refractivity contribution in [1.82, 2.24) is 0 Å². The molecule has 0 radical (unpaired) electrons. The second kappa shape index (κ2) is 6.25. The van der Waals surface area contributed by atoms with Gasteiger partial charge in [0.25, 0.3) is 0 Å². The van der Waals surface area contributed by atoms with Crippen molar-refractivity contribution >= 4 is 0 Å². The van der Waals surface area contributed by atoms with Crippen LogP contribution in [0.4, 0.5) is 0 Å². The zero-order valence-electron chi connectivity index (χ0n) is 10.0. The summed E-state index contributed by atoms with van der Waals surface area (Å²) in [7, 11) is 0. The predicted molar refractivity (Wildman–Crippen MR) is 58.4 cm³/mol. The third-order valence-corrected chi connectivity index (χ3v) is 3.24. The van der Waals surface area contributed by atoms with E-state index in [9.17, 15) is 15.3 Å². The van der Waals surface area contributed by atoms with Crippen molar-refractivity contribution in [2.75, 3.05) is 13.2 Å². The minimum Gasteiger partial charge on any atom is -0.394 e. The van der Waals surface area contributed by atoms with Gasteiger partial charge in [-0.2, -0.15) is 0 Å². The first-order chi connectivity index (χ1) is 8.60. The molecule has 6 atom stereocenters. The summed E-state index contributed by atoms with van der Waals surface area (Å²) in [5.41, 5.74) is 0. The summed E-state index contributed by atoms with van der Waals surface area (Å²) >= 11 is 0. The van der Waals surface area contributed by atoms with E-state index >= 15 is 0 Å². The predicted octanol–water partition coefficient (Wildman–Crippen LogP) is -1.67. The van der Waals surface area contributed by atoms with Crippen molar-refractivity contribution in [2.24, 2.45) is 0 Å². The summed E-state index contributed by atoms with van der Waals surface area (Å²) in [6.07, 6.45) is -3.30. The van der Waals surface area contributed by atoms with E-state index in [0.29, 0.717) is 12.8 Å². The largest absolute Gasteiger partial charge is 0.394 e. The van der Waals surface area contributed by atoms with E-state index in [1.54, 1.807) is 0 Å². The molecule has 2 saturated heterocycles. The Hall–Kier alpha value is -0.280. The molecule has 2 fully saturated rings. The van der Waals surface area contributed by atoms with Gasteiger partial charge < -0.3 is 34.6 Å². The van der Waals surface area contributed by atoms with Crippen LogP contribution in [0.15, 0.2) is 0 Å². The molecule has 0 saturated carbocycles. The normalized spacial score (nSPS) is 46.0. The molecule has 2 aliphatic heterocycles. The van der Waals surface area contributed by atoms with Gasteiger partial charge in [0, 0.05) is 12.8 Å². The molecule has 0 aromatic rings. The van der Waals surface area contributed by atoms with E-state index in [4.69, 9.17) is 19.3 Å². The lowest BCUT2D eigenvalue weighted by atomic mass is 10.0. The average molecular weight is 264 g/mol. The van der Waals surface area contributed by atoms with E-state index in [2.05, 4.69) is 0 Å². The Balaban J connectivity index is 1.86. The van der Waals surface area contributed by atoms with Crippen molar-refractivity contribution in [1.29, 1.82) is 0 Å². The molecule has 106 valence electrons. The van der Waals surface area contributed by atoms with Crippen molar-refractivity contribution in [3.8, 4) is 0 Å². The first-order valence-electron chi connectivity index (χ1n) is 6.17. The molecule has 4 N–H and O–H groups in total. The Morgan fingerprint density at radius 2 is 1.94 bits per heavy atom. The molecule has 0 aliphatic carbocycles. The maximum Gasteiger partial charge on any atom is 0.183 e. The van der Waals surface area contributed by atoms with Crippen LogP contribution in [0.2, 0.25) is 0 Å². The maximum absolute atomic E-state index is 9.75. The van der Waals surface area contributed by atoms with E-state index in [1.807, 2.05) is 0 Å². The fraction of sp³-hybridized carbons (Fsp3) is 1.00. The quantitative estimate of drug-likeness (QED) is 0.482. The van der Waals surface area contributed by atoms with E-state index in [1.165, 1.54) is 0 Å². The SMILES string of the molecule is OC[C@@H]1C[C@H](O[C@@H]2CC[C@H](O)CO2)[C@H](O)[C@H](O)O1. The number of hydrogen-bond acceptors (Lipinski definition) is 7. The Labute approximate surface area is 105 Å². The molecule has 18 heavy (non-hydrogen) atoms. The maximum atomic E-state index is 9.75. The number of ether oxygens (including phenoxy) is 3. The molecule has 0 unspecified atom stereocenters. The van der Waals surface area contributed by atoms with Gasteiger partial charge in [0.15, 0.2) is 12.6 Å². The van der Waals surface area contributed by atoms with Crippen molar-refractivity contribution in [2.45, 2.75) is 56.3 Å². The molecule has 0 aromatic heterocycles. The molecular weight excluding hydrogens is 244 g/mol. The summed E-state index contributed by atoms with van der Waals surface area (Å²) in [4.78, 5) is 0. The number of aliphatic hydroxyl groups excluding tert-OH is 4. The number of rotatable bonds is 3. The fourth-order valence-electron chi connectivity index (χ4n) is 2.18. The lowest BCUT2D eigenvalue weighted by Gasteiger charge is -2.38. The van der Waals surface area contributed by atoms with Crippen molar-refractivity contribution in [3.63, 3.8) is 0 Å². The number of aliphatic hydroxyl groups is 4. The highest BCUT2D eigenvalue weighted by Crippen LogP contribution is 2.25. The van der Waals surface area contributed by atoms with E-state index < -0.39 is 37.0 Å². The summed E-state index contributed by atoms with van der Waals surface area (Å²) in [6.45, 7) is -0.0379. The van der Waals surface area contributed by atoms with Gasteiger partial charge in [-0.05, 0) is 6.42 Å². The van der Waals surface area contributed by atoms with Gasteiger partial charge in [-0.15, -0.1) is 0 Å². The Morgan fingerprint density at radius 3 is 2.56 bits per heavy atom. The molecule has 2 heterocycles. The van der Waals surface area contributed by atoms with Crippen LogP contribution in [0.3, 0.4) is 0 Å². The topological polar surface area (TPSA) is 109 Å². The second-order valence-electron chi connectivity index (χ2n) is 4.73. The van der Waals surface area contributed by atoms with Crippen molar-refractivity contribution < 1.29 is 34.6 Å². The van der Waals surface area contributed by atoms with Gasteiger partial charge >= 0.3 is 0 Å². The fourth-order valence-corrected chi connectivity index (χ4v) is 2.18. The monoisotopic (exact) mass is 264 g/mol. The second-order valence-corrected chi connectivity index (χ2v) is 4.73. The molecule has 0 spiro atoms. The van der Waals surface area contributed by atoms with Crippen LogP contribution in [-0.4, -0.2) is 70.6 Å². The summed E-state index contributed by atoms with van der Waals surface area (Å²) in [6, 6.07) is 0. The first-order valence-corrected chi connectivity index (χ1v) is 6.17. The summed E-state index contributed by atoms with van der Waals surface area (Å²) < 4.78 is 15.8. The van der Waals surface area contributed by atoms with Crippen LogP contribution in [0, 0.1) is 0 Å². The molecule has 0 aromatic carbocycles. The average Bonchev–Trinajstić information content (AvgIpc) is 2.37. The summed E-state index contributed by atoms with van der Waals surface area (Å²) in [5, 5.41) is 37.5. The highest BCUT2D eigenvalue weighted by molar-refractivity contribution is 4.82. The Bertz CT molecular complexity index is 254. The first kappa shape index (κ1) is 14.1. The third kappa shape index (κ3) is 3.39. The molecular formula is C11H20O7. The Kier molecular flexibility index (Phi) is 4.91. The molecule has 2 rings (SSSR count). The van der Waals surface area contributed by atoms with Gasteiger partial charge in [-0.25, -0.2) is 0 Å². The molecule has 0 bridgehead atoms. The minimum absolute atomic E-state index is 0.204. The van der Waals surface area contributed by atoms with E-state index in [0.717, 1.165) is 0 Å². The molecule has 2 aliphatic rings. The van der Waals surface area contributed by atoms with Gasteiger partial charge in [0.1, 0.15) is 6.10 Å². The molecule has 7 heteroatoms. The van der Waals surface area contributed by atoms with Gasteiger partial charge in [0.05, 0.1) is 31.5 Å². The van der Waals surface area contributed by atoms with Crippen LogP contribution >= 0.6 is 0 Å². The lowest BCUT2D eigenvalue weighted by Crippen LogP contribution is -2.51. The molecule has 7 nitrogen and oxygen atoms in total. The highest BCUT2D eigenvalue weighted by atomic mass is 16.7. The van der Waals surface area contributed by atoms with Crippen LogP contribution < -0.4 is 0 Å². The van der Waals surface area contributed by atoms with Crippen molar-refractivity contribution in [3.05, 3.63) is 0 Å². The van der Waals surface area contributed by atoms with Gasteiger partial charge in [-0.1, -0.05) is 0 Å². The standard InChI is InChI=1S/C11H20O7/c12-4-7-3-8(10(14)11(15)17-7)18-9-2-1-6(13)5-16-9/h6-15H,1-5H2/t6-,7-,8-,9+,10-,11+/m0/s1. The zero-order chi connectivity index (χ0) is 13.1. The molecule has 0 amide bonds. The van der Waals surface area contributed by atoms with Crippen LogP contribution in [0.25, 0.3) is 0 Å². The smallest absolute Gasteiger partial charge is 0.183 e. The van der Waals surface area contributed by atoms with Crippen LogP contribution in [0.1, 0.15) is 19.3 Å². The van der Waals surface area contributed by atoms with Crippen LogP contribution in [0.5, 0.6) is 0 Å². The van der Waals surface area contributed by atoms with E-state index in [-0.39, 0.29) is 19.6 Å². The Morgan fingerprint density at radius 1 is 1.17 bits per heavy atom. The lowest BCUT2D eigenvalue weighted by molar-refractivity contribution is -0.293. The van der Waals surface area contributed by atoms with Gasteiger partial charge in [0.2, 0.25) is 0 Å². The highest BCUT2D eigenvalue weighted by Gasteiger charge is 2.39. The number of hydrogen-bond donors (Lipinski definition) is 4.